The SMILES string of the molecule is N#Cc1ccc2nccc(Nc3cccc(C(=O)Nc4cccc(Oc5ccncc5)c4)n3)c2c1. The van der Waals surface area contributed by atoms with Gasteiger partial charge in [-0.3, -0.25) is 14.8 Å². The van der Waals surface area contributed by atoms with E-state index in [1.54, 1.807) is 97.5 Å². The predicted molar refractivity (Wildman–Crippen MR) is 133 cm³/mol. The summed E-state index contributed by atoms with van der Waals surface area (Å²) in [6.07, 6.45) is 4.96. The zero-order valence-electron chi connectivity index (χ0n) is 18.3. The van der Waals surface area contributed by atoms with Gasteiger partial charge in [0.05, 0.1) is 22.8 Å². The van der Waals surface area contributed by atoms with E-state index in [1.165, 1.54) is 0 Å². The fourth-order valence-corrected chi connectivity index (χ4v) is 3.47. The summed E-state index contributed by atoms with van der Waals surface area (Å²) in [4.78, 5) is 25.7. The number of carbonyl (C=O) groups is 1. The lowest BCUT2D eigenvalue weighted by Crippen LogP contribution is -2.14. The molecule has 5 aromatic rings. The maximum absolute atomic E-state index is 12.9. The predicted octanol–water partition coefficient (Wildman–Crippen LogP) is 5.68. The van der Waals surface area contributed by atoms with E-state index in [0.29, 0.717) is 28.6 Å². The van der Waals surface area contributed by atoms with Gasteiger partial charge in [-0.1, -0.05) is 12.1 Å². The summed E-state index contributed by atoms with van der Waals surface area (Å²) in [7, 11) is 0. The first-order valence-electron chi connectivity index (χ1n) is 10.7. The van der Waals surface area contributed by atoms with Crippen LogP contribution in [-0.2, 0) is 0 Å². The molecule has 0 aliphatic heterocycles. The van der Waals surface area contributed by atoms with Gasteiger partial charge in [0.1, 0.15) is 23.0 Å². The van der Waals surface area contributed by atoms with Gasteiger partial charge in [0.2, 0.25) is 0 Å². The summed E-state index contributed by atoms with van der Waals surface area (Å²) in [5.74, 6) is 1.36. The van der Waals surface area contributed by atoms with Gasteiger partial charge in [-0.25, -0.2) is 4.98 Å². The van der Waals surface area contributed by atoms with Crippen LogP contribution in [0.3, 0.4) is 0 Å². The number of ether oxygens (including phenoxy) is 1. The van der Waals surface area contributed by atoms with E-state index in [1.807, 2.05) is 0 Å². The molecule has 1 amide bonds. The highest BCUT2D eigenvalue weighted by Gasteiger charge is 2.11. The van der Waals surface area contributed by atoms with Crippen LogP contribution in [0.5, 0.6) is 11.5 Å². The highest BCUT2D eigenvalue weighted by atomic mass is 16.5. The minimum absolute atomic E-state index is 0.242. The van der Waals surface area contributed by atoms with Crippen LogP contribution in [0.25, 0.3) is 10.9 Å². The second kappa shape index (κ2) is 9.68. The Morgan fingerprint density at radius 3 is 2.60 bits per heavy atom. The van der Waals surface area contributed by atoms with Crippen LogP contribution in [0.15, 0.2) is 97.5 Å². The Balaban J connectivity index is 1.33. The first-order chi connectivity index (χ1) is 17.2. The number of nitrogens with zero attached hydrogens (tertiary/aromatic N) is 4. The molecule has 2 N–H and O–H groups in total. The lowest BCUT2D eigenvalue weighted by Gasteiger charge is -2.11. The number of amides is 1. The van der Waals surface area contributed by atoms with Crippen LogP contribution in [0, 0.1) is 11.3 Å². The topological polar surface area (TPSA) is 113 Å². The van der Waals surface area contributed by atoms with Crippen molar-refractivity contribution >= 4 is 34.0 Å². The second-order valence-electron chi connectivity index (χ2n) is 7.50. The van der Waals surface area contributed by atoms with Crippen molar-refractivity contribution in [2.75, 3.05) is 10.6 Å². The third-order valence-corrected chi connectivity index (χ3v) is 5.09. The molecule has 0 spiro atoms. The van der Waals surface area contributed by atoms with E-state index < -0.39 is 0 Å². The van der Waals surface area contributed by atoms with E-state index in [2.05, 4.69) is 31.7 Å². The summed E-state index contributed by atoms with van der Waals surface area (Å²) in [5.41, 5.74) is 2.83. The fourth-order valence-electron chi connectivity index (χ4n) is 3.47. The van der Waals surface area contributed by atoms with Gasteiger partial charge in [0, 0.05) is 35.7 Å². The van der Waals surface area contributed by atoms with Gasteiger partial charge in [0.25, 0.3) is 5.91 Å². The molecule has 0 fully saturated rings. The Bertz CT molecular complexity index is 1560. The normalized spacial score (nSPS) is 10.4. The fraction of sp³-hybridized carbons (Fsp3) is 0. The smallest absolute Gasteiger partial charge is 0.274 e. The van der Waals surface area contributed by atoms with Gasteiger partial charge in [-0.2, -0.15) is 5.26 Å². The van der Waals surface area contributed by atoms with Gasteiger partial charge in [-0.15, -0.1) is 0 Å². The summed E-state index contributed by atoms with van der Waals surface area (Å²) in [6, 6.07) is 25.0. The van der Waals surface area contributed by atoms with E-state index in [-0.39, 0.29) is 11.6 Å². The first kappa shape index (κ1) is 21.6. The van der Waals surface area contributed by atoms with E-state index >= 15 is 0 Å². The Morgan fingerprint density at radius 1 is 0.886 bits per heavy atom. The average Bonchev–Trinajstić information content (AvgIpc) is 2.89. The monoisotopic (exact) mass is 458 g/mol. The molecule has 35 heavy (non-hydrogen) atoms. The molecule has 0 atom stereocenters. The summed E-state index contributed by atoms with van der Waals surface area (Å²) < 4.78 is 5.80. The number of anilines is 3. The second-order valence-corrected chi connectivity index (χ2v) is 7.50. The zero-order chi connectivity index (χ0) is 24.0. The highest BCUT2D eigenvalue weighted by molar-refractivity contribution is 6.03. The largest absolute Gasteiger partial charge is 0.457 e. The third kappa shape index (κ3) is 5.05. The van der Waals surface area contributed by atoms with E-state index in [4.69, 9.17) is 4.74 Å². The van der Waals surface area contributed by atoms with Crippen molar-refractivity contribution in [1.82, 2.24) is 15.0 Å². The molecule has 0 unspecified atom stereocenters. The average molecular weight is 458 g/mol. The van der Waals surface area contributed by atoms with Crippen LogP contribution in [0.2, 0.25) is 0 Å². The van der Waals surface area contributed by atoms with Gasteiger partial charge >= 0.3 is 0 Å². The lowest BCUT2D eigenvalue weighted by molar-refractivity contribution is 0.102. The molecule has 0 aliphatic rings. The number of hydrogen-bond donors (Lipinski definition) is 2. The van der Waals surface area contributed by atoms with Crippen molar-refractivity contribution in [3.63, 3.8) is 0 Å². The molecule has 168 valence electrons. The number of aromatic nitrogens is 3. The van der Waals surface area contributed by atoms with E-state index in [0.717, 1.165) is 16.6 Å². The van der Waals surface area contributed by atoms with Crippen LogP contribution in [-0.4, -0.2) is 20.9 Å². The number of nitrogens with one attached hydrogen (secondary N) is 2. The van der Waals surface area contributed by atoms with Gasteiger partial charge < -0.3 is 15.4 Å². The van der Waals surface area contributed by atoms with Crippen LogP contribution in [0.4, 0.5) is 17.2 Å². The van der Waals surface area contributed by atoms with Crippen LogP contribution < -0.4 is 15.4 Å². The van der Waals surface area contributed by atoms with Crippen molar-refractivity contribution in [1.29, 1.82) is 5.26 Å². The number of hydrogen-bond acceptors (Lipinski definition) is 7. The van der Waals surface area contributed by atoms with Crippen molar-refractivity contribution in [3.8, 4) is 17.6 Å². The van der Waals surface area contributed by atoms with Crippen molar-refractivity contribution in [2.45, 2.75) is 0 Å². The molecule has 0 aliphatic carbocycles. The number of fused-ring (bicyclic) bond motifs is 1. The summed E-state index contributed by atoms with van der Waals surface area (Å²) in [5, 5.41) is 16.1. The number of pyridine rings is 3. The summed E-state index contributed by atoms with van der Waals surface area (Å²) in [6.45, 7) is 0. The van der Waals surface area contributed by atoms with Crippen LogP contribution >= 0.6 is 0 Å². The Hall–Kier alpha value is -5.29. The quantitative estimate of drug-likeness (QED) is 0.336. The van der Waals surface area contributed by atoms with Gasteiger partial charge in [0.15, 0.2) is 0 Å². The van der Waals surface area contributed by atoms with E-state index in [9.17, 15) is 10.1 Å². The standard InChI is InChI=1S/C27H18N6O2/c28-17-18-7-8-23-22(15-18)24(11-14-30-23)32-26-6-2-5-25(33-26)27(34)31-19-3-1-4-21(16-19)35-20-9-12-29-13-10-20/h1-16H,(H,31,34)(H,30,32,33). The minimum atomic E-state index is -0.360. The molecule has 0 bridgehead atoms. The molecular formula is C27H18N6O2. The number of carbonyl (C=O) groups excluding carboxylic acids is 1. The van der Waals surface area contributed by atoms with Crippen LogP contribution in [0.1, 0.15) is 16.1 Å². The molecule has 0 saturated carbocycles. The zero-order valence-corrected chi connectivity index (χ0v) is 18.3. The third-order valence-electron chi connectivity index (χ3n) is 5.09. The lowest BCUT2D eigenvalue weighted by atomic mass is 10.1. The minimum Gasteiger partial charge on any atom is -0.457 e. The highest BCUT2D eigenvalue weighted by Crippen LogP contribution is 2.26. The molecule has 3 heterocycles. The molecule has 2 aromatic carbocycles. The first-order valence-corrected chi connectivity index (χ1v) is 10.7. The molecule has 5 rings (SSSR count). The number of rotatable bonds is 6. The van der Waals surface area contributed by atoms with Crippen molar-refractivity contribution < 1.29 is 9.53 Å². The Morgan fingerprint density at radius 2 is 1.74 bits per heavy atom. The Labute approximate surface area is 200 Å². The molecule has 8 heteroatoms. The molecule has 0 saturated heterocycles. The Kier molecular flexibility index (Phi) is 5.96. The molecule has 8 nitrogen and oxygen atoms in total. The van der Waals surface area contributed by atoms with Crippen molar-refractivity contribution in [2.24, 2.45) is 0 Å². The molecule has 0 radical (unpaired) electrons. The maximum atomic E-state index is 12.9. The summed E-state index contributed by atoms with van der Waals surface area (Å²) >= 11 is 0. The number of benzene rings is 2. The number of nitriles is 1. The van der Waals surface area contributed by atoms with Gasteiger partial charge in [-0.05, 0) is 60.7 Å². The van der Waals surface area contributed by atoms with Crippen molar-refractivity contribution in [3.05, 3.63) is 109 Å². The maximum Gasteiger partial charge on any atom is 0.274 e. The molecular weight excluding hydrogens is 440 g/mol. The molecule has 3 aromatic heterocycles.